The van der Waals surface area contributed by atoms with E-state index in [9.17, 15) is 9.59 Å². The van der Waals surface area contributed by atoms with Crippen molar-refractivity contribution in [3.8, 4) is 0 Å². The van der Waals surface area contributed by atoms with E-state index in [0.717, 1.165) is 63.7 Å². The lowest BCUT2D eigenvalue weighted by atomic mass is 9.69. The third-order valence-electron chi connectivity index (χ3n) is 7.57. The summed E-state index contributed by atoms with van der Waals surface area (Å²) in [6.45, 7) is 0. The van der Waals surface area contributed by atoms with E-state index in [4.69, 9.17) is 4.65 Å². The molecule has 5 fully saturated rings. The Labute approximate surface area is 146 Å². The third kappa shape index (κ3) is 3.18. The van der Waals surface area contributed by atoms with Gasteiger partial charge in [0.2, 0.25) is 0 Å². The summed E-state index contributed by atoms with van der Waals surface area (Å²) in [6.07, 6.45) is 14.7. The Morgan fingerprint density at radius 2 is 1.83 bits per heavy atom. The van der Waals surface area contributed by atoms with Crippen LogP contribution < -0.4 is 0 Å². The molecule has 4 bridgehead atoms. The third-order valence-corrected chi connectivity index (χ3v) is 7.57. The van der Waals surface area contributed by atoms with Gasteiger partial charge < -0.3 is 4.65 Å². The molecule has 0 heterocycles. The monoisotopic (exact) mass is 330 g/mol. The normalized spacial score (nSPS) is 42.1. The van der Waals surface area contributed by atoms with Crippen LogP contribution in [-0.2, 0) is 14.2 Å². The summed E-state index contributed by atoms with van der Waals surface area (Å²) < 4.78 is 5.89. The first-order valence-corrected chi connectivity index (χ1v) is 10.4. The second kappa shape index (κ2) is 6.84. The minimum atomic E-state index is -0.142. The largest absolute Gasteiger partial charge is 0.539 e. The molecule has 0 amide bonds. The van der Waals surface area contributed by atoms with Crippen LogP contribution in [0.1, 0.15) is 83.5 Å². The van der Waals surface area contributed by atoms with Gasteiger partial charge >= 0.3 is 7.48 Å². The van der Waals surface area contributed by atoms with Crippen molar-refractivity contribution in [3.63, 3.8) is 0 Å². The summed E-state index contributed by atoms with van der Waals surface area (Å²) in [5.74, 6) is 2.54. The molecule has 5 aliphatic carbocycles. The summed E-state index contributed by atoms with van der Waals surface area (Å²) in [5.41, 5.74) is -0.142. The molecular weight excluding hydrogens is 299 g/mol. The van der Waals surface area contributed by atoms with E-state index < -0.39 is 0 Å². The maximum atomic E-state index is 12.8. The fourth-order valence-corrected chi connectivity index (χ4v) is 5.91. The standard InChI is InChI=1S/C20H31BO3/c22-18-15-5-3-6-17(8-7-16(18)12-15)21-24-19(23)20-10-2-1-4-14(13-20)9-11-20/h14-17,21H,1-13H2. The van der Waals surface area contributed by atoms with Crippen LogP contribution in [-0.4, -0.2) is 19.2 Å². The van der Waals surface area contributed by atoms with E-state index in [1.807, 2.05) is 0 Å². The summed E-state index contributed by atoms with van der Waals surface area (Å²) in [7, 11) is 0.594. The SMILES string of the molecule is O=C1C2CCCC(BOC(=O)C34CCCCC(CC3)C4)CCC1C2. The fraction of sp³-hybridized carbons (Fsp3) is 0.900. The van der Waals surface area contributed by atoms with Crippen molar-refractivity contribution in [2.24, 2.45) is 23.2 Å². The van der Waals surface area contributed by atoms with Gasteiger partial charge in [0.25, 0.3) is 5.97 Å². The lowest BCUT2D eigenvalue weighted by molar-refractivity contribution is -0.146. The molecule has 5 unspecified atom stereocenters. The summed E-state index contributed by atoms with van der Waals surface area (Å²) in [6, 6.07) is 0. The molecule has 5 saturated carbocycles. The average molecular weight is 330 g/mol. The van der Waals surface area contributed by atoms with Gasteiger partial charge in [-0.15, -0.1) is 0 Å². The zero-order valence-electron chi connectivity index (χ0n) is 14.9. The van der Waals surface area contributed by atoms with E-state index in [1.165, 1.54) is 25.7 Å². The highest BCUT2D eigenvalue weighted by molar-refractivity contribution is 6.32. The molecule has 0 N–H and O–H groups in total. The van der Waals surface area contributed by atoms with Crippen molar-refractivity contribution in [2.75, 3.05) is 0 Å². The Balaban J connectivity index is 1.31. The molecule has 0 spiro atoms. The maximum Gasteiger partial charge on any atom is 0.347 e. The molecule has 3 nitrogen and oxygen atoms in total. The number of carbonyl (C=O) groups excluding carboxylic acids is 2. The molecule has 5 aliphatic rings. The molecule has 0 aromatic rings. The minimum Gasteiger partial charge on any atom is -0.539 e. The number of hydrogen-bond donors (Lipinski definition) is 0. The summed E-state index contributed by atoms with van der Waals surface area (Å²) in [4.78, 5) is 24.8. The molecule has 132 valence electrons. The van der Waals surface area contributed by atoms with E-state index in [-0.39, 0.29) is 11.4 Å². The Kier molecular flexibility index (Phi) is 4.75. The van der Waals surface area contributed by atoms with Crippen LogP contribution >= 0.6 is 0 Å². The van der Waals surface area contributed by atoms with Gasteiger partial charge in [-0.25, -0.2) is 0 Å². The van der Waals surface area contributed by atoms with Crippen LogP contribution in [0.15, 0.2) is 0 Å². The molecule has 24 heavy (non-hydrogen) atoms. The van der Waals surface area contributed by atoms with Gasteiger partial charge in [-0.1, -0.05) is 38.5 Å². The zero-order chi connectivity index (χ0) is 16.6. The Hall–Kier alpha value is -0.795. The first-order valence-electron chi connectivity index (χ1n) is 10.4. The molecule has 0 radical (unpaired) electrons. The van der Waals surface area contributed by atoms with Gasteiger partial charge in [0.1, 0.15) is 5.78 Å². The van der Waals surface area contributed by atoms with Crippen LogP contribution in [0.25, 0.3) is 0 Å². The molecule has 0 saturated heterocycles. The molecule has 0 aliphatic heterocycles. The lowest BCUT2D eigenvalue weighted by Crippen LogP contribution is -2.36. The molecule has 5 rings (SSSR count). The molecule has 5 atom stereocenters. The van der Waals surface area contributed by atoms with E-state index in [1.54, 1.807) is 0 Å². The van der Waals surface area contributed by atoms with Crippen LogP contribution in [0, 0.1) is 23.2 Å². The number of hydrogen-bond acceptors (Lipinski definition) is 3. The van der Waals surface area contributed by atoms with Crippen LogP contribution in [0.4, 0.5) is 0 Å². The lowest BCUT2D eigenvalue weighted by Gasteiger charge is -2.32. The second-order valence-electron chi connectivity index (χ2n) is 9.14. The van der Waals surface area contributed by atoms with Crippen molar-refractivity contribution in [3.05, 3.63) is 0 Å². The first-order chi connectivity index (χ1) is 11.7. The number of carbonyl (C=O) groups is 2. The number of fused-ring (bicyclic) bond motifs is 7. The molecular formula is C20H31BO3. The fourth-order valence-electron chi connectivity index (χ4n) is 5.91. The highest BCUT2D eigenvalue weighted by Gasteiger charge is 2.47. The van der Waals surface area contributed by atoms with E-state index >= 15 is 0 Å². The van der Waals surface area contributed by atoms with Crippen LogP contribution in [0.2, 0.25) is 5.82 Å². The van der Waals surface area contributed by atoms with Gasteiger partial charge in [0, 0.05) is 11.8 Å². The average Bonchev–Trinajstić information content (AvgIpc) is 2.94. The van der Waals surface area contributed by atoms with Gasteiger partial charge in [-0.2, -0.15) is 0 Å². The first kappa shape index (κ1) is 16.7. The van der Waals surface area contributed by atoms with Gasteiger partial charge in [0.05, 0.1) is 5.41 Å². The van der Waals surface area contributed by atoms with Gasteiger partial charge in [0.15, 0.2) is 0 Å². The number of ketones is 1. The Morgan fingerprint density at radius 1 is 0.958 bits per heavy atom. The van der Waals surface area contributed by atoms with E-state index in [2.05, 4.69) is 0 Å². The summed E-state index contributed by atoms with van der Waals surface area (Å²) >= 11 is 0. The molecule has 0 aromatic carbocycles. The van der Waals surface area contributed by atoms with Crippen molar-refractivity contribution in [1.82, 2.24) is 0 Å². The number of rotatable bonds is 3. The van der Waals surface area contributed by atoms with Crippen LogP contribution in [0.3, 0.4) is 0 Å². The number of Topliss-reactive ketones (excluding diaryl/α,β-unsaturated/α-hetero) is 1. The Morgan fingerprint density at radius 3 is 2.71 bits per heavy atom. The topological polar surface area (TPSA) is 43.4 Å². The van der Waals surface area contributed by atoms with Crippen molar-refractivity contribution >= 4 is 19.2 Å². The van der Waals surface area contributed by atoms with Gasteiger partial charge in [-0.3, -0.25) is 9.59 Å². The van der Waals surface area contributed by atoms with Gasteiger partial charge in [-0.05, 0) is 56.7 Å². The Bertz CT molecular complexity index is 505. The highest BCUT2D eigenvalue weighted by atomic mass is 16.5. The van der Waals surface area contributed by atoms with Crippen molar-refractivity contribution in [1.29, 1.82) is 0 Å². The minimum absolute atomic E-state index is 0.104. The predicted octanol–water partition coefficient (Wildman–Crippen LogP) is 4.20. The van der Waals surface area contributed by atoms with E-state index in [0.29, 0.717) is 30.9 Å². The molecule has 4 heteroatoms. The van der Waals surface area contributed by atoms with Crippen molar-refractivity contribution < 1.29 is 14.2 Å². The molecule has 0 aromatic heterocycles. The summed E-state index contributed by atoms with van der Waals surface area (Å²) in [5, 5.41) is 0. The smallest absolute Gasteiger partial charge is 0.347 e. The highest BCUT2D eigenvalue weighted by Crippen LogP contribution is 2.50. The maximum absolute atomic E-state index is 12.8. The van der Waals surface area contributed by atoms with Crippen molar-refractivity contribution in [2.45, 2.75) is 89.3 Å². The van der Waals surface area contributed by atoms with Crippen LogP contribution in [0.5, 0.6) is 0 Å². The zero-order valence-corrected chi connectivity index (χ0v) is 14.9. The second-order valence-corrected chi connectivity index (χ2v) is 9.14. The quantitative estimate of drug-likeness (QED) is 0.729. The predicted molar refractivity (Wildman–Crippen MR) is 94.9 cm³/mol.